The van der Waals surface area contributed by atoms with Gasteiger partial charge in [-0.2, -0.15) is 0 Å². The second kappa shape index (κ2) is 12.2. The van der Waals surface area contributed by atoms with Gasteiger partial charge in [-0.25, -0.2) is 8.42 Å². The van der Waals surface area contributed by atoms with E-state index >= 15 is 0 Å². The first-order valence-corrected chi connectivity index (χ1v) is 14.4. The molecule has 0 aliphatic rings. The maximum atomic E-state index is 13.7. The van der Waals surface area contributed by atoms with Crippen molar-refractivity contribution in [3.05, 3.63) is 62.1 Å². The number of hydrogen-bond donors (Lipinski definition) is 1. The number of nitrogens with one attached hydrogen (secondary N) is 1. The fourth-order valence-corrected chi connectivity index (χ4v) is 4.92. The molecule has 0 aromatic heterocycles. The van der Waals surface area contributed by atoms with Crippen LogP contribution in [0, 0.1) is 0 Å². The van der Waals surface area contributed by atoms with E-state index in [0.29, 0.717) is 22.0 Å². The van der Waals surface area contributed by atoms with E-state index in [9.17, 15) is 18.0 Å². The summed E-state index contributed by atoms with van der Waals surface area (Å²) in [5.41, 5.74) is 0.254. The maximum Gasteiger partial charge on any atom is 0.244 e. The molecule has 198 valence electrons. The van der Waals surface area contributed by atoms with Crippen LogP contribution in [0.4, 0.5) is 5.69 Å². The van der Waals surface area contributed by atoms with Crippen LogP contribution in [0.15, 0.2) is 36.4 Å². The van der Waals surface area contributed by atoms with Crippen molar-refractivity contribution < 1.29 is 18.0 Å². The Morgan fingerprint density at radius 2 is 1.50 bits per heavy atom. The number of carbonyl (C=O) groups is 2. The number of rotatable bonds is 9. The van der Waals surface area contributed by atoms with Gasteiger partial charge in [-0.3, -0.25) is 13.9 Å². The molecular formula is C24H29Cl4N3O4S. The van der Waals surface area contributed by atoms with Crippen LogP contribution in [0.2, 0.25) is 20.1 Å². The van der Waals surface area contributed by atoms with Crippen LogP contribution in [0.3, 0.4) is 0 Å². The molecule has 7 nitrogen and oxygen atoms in total. The largest absolute Gasteiger partial charge is 0.350 e. The molecule has 0 spiro atoms. The highest BCUT2D eigenvalue weighted by Crippen LogP contribution is 2.29. The van der Waals surface area contributed by atoms with Crippen molar-refractivity contribution in [1.29, 1.82) is 0 Å². The smallest absolute Gasteiger partial charge is 0.244 e. The van der Waals surface area contributed by atoms with Gasteiger partial charge in [-0.1, -0.05) is 59.4 Å². The normalized spacial score (nSPS) is 12.7. The minimum absolute atomic E-state index is 0.00473. The Bertz CT molecular complexity index is 1230. The van der Waals surface area contributed by atoms with Crippen molar-refractivity contribution in [1.82, 2.24) is 10.2 Å². The molecule has 0 heterocycles. The summed E-state index contributed by atoms with van der Waals surface area (Å²) in [6.07, 6.45) is 1.27. The molecule has 2 amide bonds. The summed E-state index contributed by atoms with van der Waals surface area (Å²) in [4.78, 5) is 28.2. The summed E-state index contributed by atoms with van der Waals surface area (Å²) in [7, 11) is -3.90. The predicted octanol–water partition coefficient (Wildman–Crippen LogP) is 5.79. The maximum absolute atomic E-state index is 13.7. The zero-order valence-electron chi connectivity index (χ0n) is 20.6. The van der Waals surface area contributed by atoms with E-state index in [1.807, 2.05) is 20.8 Å². The lowest BCUT2D eigenvalue weighted by Crippen LogP contribution is -2.55. The molecule has 12 heteroatoms. The van der Waals surface area contributed by atoms with Crippen molar-refractivity contribution in [2.75, 3.05) is 17.1 Å². The quantitative estimate of drug-likeness (QED) is 0.397. The molecule has 2 aromatic carbocycles. The van der Waals surface area contributed by atoms with Gasteiger partial charge in [0.05, 0.1) is 32.0 Å². The molecule has 0 saturated carbocycles. The third kappa shape index (κ3) is 8.42. The van der Waals surface area contributed by atoms with E-state index in [0.717, 1.165) is 10.6 Å². The molecule has 0 fully saturated rings. The van der Waals surface area contributed by atoms with Gasteiger partial charge in [0.25, 0.3) is 0 Å². The van der Waals surface area contributed by atoms with Crippen LogP contribution < -0.4 is 9.62 Å². The molecule has 36 heavy (non-hydrogen) atoms. The van der Waals surface area contributed by atoms with Crippen molar-refractivity contribution in [2.24, 2.45) is 0 Å². The van der Waals surface area contributed by atoms with E-state index < -0.39 is 34.1 Å². The molecule has 0 aliphatic carbocycles. The summed E-state index contributed by atoms with van der Waals surface area (Å²) in [5.74, 6) is -0.952. The molecule has 2 aromatic rings. The Kier molecular flexibility index (Phi) is 10.4. The first kappa shape index (κ1) is 30.5. The number of sulfonamides is 1. The molecule has 0 bridgehead atoms. The van der Waals surface area contributed by atoms with Gasteiger partial charge >= 0.3 is 0 Å². The number of halogens is 4. The van der Waals surface area contributed by atoms with Gasteiger partial charge in [0.2, 0.25) is 21.8 Å². The standard InChI is InChI=1S/C24H29Cl4N3O4S/c1-6-21(23(33)29-24(2,3)4)30(13-15-7-9-17(25)19(27)11-15)22(32)14-31(36(5,34)35)16-8-10-18(26)20(28)12-16/h7-12,21H,6,13-14H2,1-5H3,(H,29,33). The Balaban J connectivity index is 2.50. The highest BCUT2D eigenvalue weighted by Gasteiger charge is 2.33. The predicted molar refractivity (Wildman–Crippen MR) is 148 cm³/mol. The van der Waals surface area contributed by atoms with Gasteiger partial charge in [-0.05, 0) is 63.1 Å². The van der Waals surface area contributed by atoms with Crippen LogP contribution in [0.25, 0.3) is 0 Å². The second-order valence-electron chi connectivity index (χ2n) is 9.30. The minimum atomic E-state index is -3.90. The average Bonchev–Trinajstić information content (AvgIpc) is 2.74. The van der Waals surface area contributed by atoms with Crippen molar-refractivity contribution in [2.45, 2.75) is 52.2 Å². The fourth-order valence-electron chi connectivity index (χ4n) is 3.46. The first-order chi connectivity index (χ1) is 16.5. The van der Waals surface area contributed by atoms with Crippen LogP contribution in [-0.2, 0) is 26.2 Å². The molecule has 0 radical (unpaired) electrons. The van der Waals surface area contributed by atoms with E-state index in [1.165, 1.54) is 23.1 Å². The van der Waals surface area contributed by atoms with Crippen LogP contribution >= 0.6 is 46.4 Å². The number of amides is 2. The zero-order valence-corrected chi connectivity index (χ0v) is 24.5. The zero-order chi connectivity index (χ0) is 27.4. The van der Waals surface area contributed by atoms with Gasteiger partial charge in [-0.15, -0.1) is 0 Å². The molecule has 0 aliphatic heterocycles. The van der Waals surface area contributed by atoms with Crippen molar-refractivity contribution >= 4 is 73.9 Å². The highest BCUT2D eigenvalue weighted by molar-refractivity contribution is 7.92. The monoisotopic (exact) mass is 595 g/mol. The van der Waals surface area contributed by atoms with Crippen LogP contribution in [-0.4, -0.2) is 49.5 Å². The number of hydrogen-bond acceptors (Lipinski definition) is 4. The Hall–Kier alpha value is -1.71. The molecule has 1 unspecified atom stereocenters. The Morgan fingerprint density at radius 1 is 0.944 bits per heavy atom. The average molecular weight is 597 g/mol. The lowest BCUT2D eigenvalue weighted by atomic mass is 10.1. The summed E-state index contributed by atoms with van der Waals surface area (Å²) < 4.78 is 26.2. The minimum Gasteiger partial charge on any atom is -0.350 e. The second-order valence-corrected chi connectivity index (χ2v) is 12.8. The fraction of sp³-hybridized carbons (Fsp3) is 0.417. The van der Waals surface area contributed by atoms with Gasteiger partial charge in [0.1, 0.15) is 12.6 Å². The highest BCUT2D eigenvalue weighted by atomic mass is 35.5. The first-order valence-electron chi connectivity index (χ1n) is 11.0. The molecule has 1 N–H and O–H groups in total. The van der Waals surface area contributed by atoms with Gasteiger partial charge < -0.3 is 10.2 Å². The Labute approximate surface area is 232 Å². The molecule has 0 saturated heterocycles. The molecule has 2 rings (SSSR count). The summed E-state index contributed by atoms with van der Waals surface area (Å²) >= 11 is 24.3. The van der Waals surface area contributed by atoms with Crippen LogP contribution in [0.5, 0.6) is 0 Å². The lowest BCUT2D eigenvalue weighted by molar-refractivity contribution is -0.141. The summed E-state index contributed by atoms with van der Waals surface area (Å²) in [5, 5.41) is 3.92. The van der Waals surface area contributed by atoms with Crippen LogP contribution in [0.1, 0.15) is 39.7 Å². The number of carbonyl (C=O) groups excluding carboxylic acids is 2. The number of nitrogens with zero attached hydrogens (tertiary/aromatic N) is 2. The van der Waals surface area contributed by atoms with E-state index in [-0.39, 0.29) is 28.2 Å². The van der Waals surface area contributed by atoms with Gasteiger partial charge in [0.15, 0.2) is 0 Å². The number of anilines is 1. The third-order valence-corrected chi connectivity index (χ3v) is 7.71. The molecule has 1 atom stereocenters. The summed E-state index contributed by atoms with van der Waals surface area (Å²) in [6.45, 7) is 6.72. The van der Waals surface area contributed by atoms with Gasteiger partial charge in [0, 0.05) is 12.1 Å². The topological polar surface area (TPSA) is 86.8 Å². The van der Waals surface area contributed by atoms with E-state index in [1.54, 1.807) is 25.1 Å². The number of benzene rings is 2. The SMILES string of the molecule is CCC(C(=O)NC(C)(C)C)N(Cc1ccc(Cl)c(Cl)c1)C(=O)CN(c1ccc(Cl)c(Cl)c1)S(C)(=O)=O. The van der Waals surface area contributed by atoms with E-state index in [2.05, 4.69) is 5.32 Å². The van der Waals surface area contributed by atoms with Crippen molar-refractivity contribution in [3.63, 3.8) is 0 Å². The Morgan fingerprint density at radius 3 is 1.97 bits per heavy atom. The molecular weight excluding hydrogens is 568 g/mol. The lowest BCUT2D eigenvalue weighted by Gasteiger charge is -2.34. The third-order valence-electron chi connectivity index (χ3n) is 5.09. The summed E-state index contributed by atoms with van der Waals surface area (Å²) in [6, 6.07) is 8.28. The van der Waals surface area contributed by atoms with Crippen molar-refractivity contribution in [3.8, 4) is 0 Å². The van der Waals surface area contributed by atoms with E-state index in [4.69, 9.17) is 46.4 Å².